The van der Waals surface area contributed by atoms with Gasteiger partial charge in [0.2, 0.25) is 0 Å². The molecule has 0 atom stereocenters. The molecule has 0 bridgehead atoms. The molecule has 0 aliphatic rings. The number of hydrogen-bond acceptors (Lipinski definition) is 2. The predicted octanol–water partition coefficient (Wildman–Crippen LogP) is 3.48. The molecule has 0 aromatic heterocycles. The van der Waals surface area contributed by atoms with Crippen molar-refractivity contribution in [1.29, 1.82) is 0 Å². The van der Waals surface area contributed by atoms with E-state index < -0.39 is 20.9 Å². The van der Waals surface area contributed by atoms with Crippen LogP contribution < -0.4 is 0 Å². The molecule has 0 amide bonds. The van der Waals surface area contributed by atoms with E-state index in [1.807, 2.05) is 44.6 Å². The van der Waals surface area contributed by atoms with Gasteiger partial charge in [0.25, 0.3) is 0 Å². The number of benzene rings is 2. The van der Waals surface area contributed by atoms with Crippen LogP contribution in [-0.2, 0) is 0 Å². The van der Waals surface area contributed by atoms with E-state index in [0.29, 0.717) is 11.1 Å². The van der Waals surface area contributed by atoms with E-state index >= 15 is 0 Å². The zero-order valence-electron chi connectivity index (χ0n) is 11.3. The van der Waals surface area contributed by atoms with Crippen molar-refractivity contribution in [3.63, 3.8) is 0 Å². The molecule has 0 saturated carbocycles. The molecular weight excluding hydrogens is 376 g/mol. The van der Waals surface area contributed by atoms with Crippen LogP contribution in [0.5, 0.6) is 0 Å². The molecule has 2 aromatic carbocycles. The number of carbonyl (C=O) groups is 2. The minimum absolute atomic E-state index is 0.00323. The second-order valence-electron chi connectivity index (χ2n) is 4.20. The van der Waals surface area contributed by atoms with Gasteiger partial charge >= 0.3 is 134 Å². The average molecular weight is 390 g/mol. The Balaban J connectivity index is 1.84. The molecule has 2 aromatic rings. The molecule has 0 aliphatic carbocycles. The Hall–Kier alpha value is -1.95. The van der Waals surface area contributed by atoms with Crippen molar-refractivity contribution < 1.29 is 9.59 Å². The maximum absolute atomic E-state index is 11.8. The van der Waals surface area contributed by atoms with Gasteiger partial charge in [-0.2, -0.15) is 0 Å². The van der Waals surface area contributed by atoms with E-state index in [2.05, 4.69) is 0 Å². The first-order valence-corrected chi connectivity index (χ1v) is 9.14. The normalized spacial score (nSPS) is 11.0. The molecule has 3 heteroatoms. The van der Waals surface area contributed by atoms with Crippen LogP contribution >= 0.6 is 0 Å². The molecule has 0 radical (unpaired) electrons. The molecule has 0 fully saturated rings. The van der Waals surface area contributed by atoms with Crippen LogP contribution in [0.1, 0.15) is 20.7 Å². The van der Waals surface area contributed by atoms with Gasteiger partial charge in [0, 0.05) is 0 Å². The summed E-state index contributed by atoms with van der Waals surface area (Å²) < 4.78 is 3.77. The van der Waals surface area contributed by atoms with Crippen molar-refractivity contribution in [2.75, 3.05) is 0 Å². The van der Waals surface area contributed by atoms with Gasteiger partial charge in [0.1, 0.15) is 0 Å². The van der Waals surface area contributed by atoms with Crippen molar-refractivity contribution >= 4 is 32.5 Å². The number of rotatable bonds is 6. The fourth-order valence-corrected chi connectivity index (χ4v) is 3.06. The van der Waals surface area contributed by atoms with Crippen LogP contribution in [0, 0.1) is 0 Å². The quantitative estimate of drug-likeness (QED) is 0.430. The van der Waals surface area contributed by atoms with E-state index in [1.54, 1.807) is 36.4 Å². The van der Waals surface area contributed by atoms with Crippen LogP contribution in [0.2, 0.25) is 0 Å². The van der Waals surface area contributed by atoms with Crippen LogP contribution in [0.25, 0.3) is 0 Å². The number of ketones is 2. The van der Waals surface area contributed by atoms with Crippen LogP contribution in [-0.4, -0.2) is 32.5 Å². The van der Waals surface area contributed by atoms with Gasteiger partial charge in [-0.15, -0.1) is 0 Å². The summed E-state index contributed by atoms with van der Waals surface area (Å²) in [6.07, 6.45) is 3.18. The van der Waals surface area contributed by atoms with Crippen LogP contribution in [0.15, 0.2) is 81.1 Å². The SMILES string of the molecule is O=C(/C=C/[Te]/C=C/C(=O)c1ccccc1)c1ccccc1. The summed E-state index contributed by atoms with van der Waals surface area (Å²) in [7, 11) is 0. The number of hydrogen-bond donors (Lipinski definition) is 0. The summed E-state index contributed by atoms with van der Waals surface area (Å²) in [5.41, 5.74) is 1.37. The fraction of sp³-hybridized carbons (Fsp3) is 0. The number of allylic oxidation sites excluding steroid dienone is 2. The first kappa shape index (κ1) is 15.4. The standard InChI is InChI=1S/C18H14O2Te/c19-17(15-7-3-1-4-8-15)11-13-21-14-12-18(20)16-9-5-2-6-10-16/h1-14H/b13-11+,14-12+. The molecular formula is C18H14O2Te. The fourth-order valence-electron chi connectivity index (χ4n) is 1.64. The Labute approximate surface area is 134 Å². The summed E-state index contributed by atoms with van der Waals surface area (Å²) in [6, 6.07) is 18.3. The Kier molecular flexibility index (Phi) is 6.15. The summed E-state index contributed by atoms with van der Waals surface area (Å²) in [6.45, 7) is 0. The maximum atomic E-state index is 11.8. The molecule has 0 heterocycles. The van der Waals surface area contributed by atoms with E-state index in [4.69, 9.17) is 0 Å². The van der Waals surface area contributed by atoms with Gasteiger partial charge in [0.05, 0.1) is 0 Å². The molecule has 2 rings (SSSR count). The van der Waals surface area contributed by atoms with E-state index in [9.17, 15) is 9.59 Å². The molecule has 0 spiro atoms. The van der Waals surface area contributed by atoms with Gasteiger partial charge in [-0.1, -0.05) is 0 Å². The van der Waals surface area contributed by atoms with E-state index in [1.165, 1.54) is 0 Å². The van der Waals surface area contributed by atoms with Crippen molar-refractivity contribution in [2.24, 2.45) is 0 Å². The van der Waals surface area contributed by atoms with E-state index in [-0.39, 0.29) is 11.6 Å². The van der Waals surface area contributed by atoms with Gasteiger partial charge < -0.3 is 0 Å². The van der Waals surface area contributed by atoms with Gasteiger partial charge in [0.15, 0.2) is 0 Å². The Morgan fingerprint density at radius 1 is 0.667 bits per heavy atom. The van der Waals surface area contributed by atoms with Gasteiger partial charge in [-0.25, -0.2) is 0 Å². The third-order valence-corrected chi connectivity index (χ3v) is 4.39. The predicted molar refractivity (Wildman–Crippen MR) is 85.6 cm³/mol. The molecule has 0 N–H and O–H groups in total. The summed E-state index contributed by atoms with van der Waals surface area (Å²) in [5, 5.41) is 0. The second kappa shape index (κ2) is 8.36. The second-order valence-corrected chi connectivity index (χ2v) is 6.53. The van der Waals surface area contributed by atoms with Crippen molar-refractivity contribution in [3.05, 3.63) is 92.2 Å². The summed E-state index contributed by atoms with van der Waals surface area (Å²) in [5.74, 6) is 0.00646. The van der Waals surface area contributed by atoms with Crippen molar-refractivity contribution in [2.45, 2.75) is 0 Å². The van der Waals surface area contributed by atoms with Crippen molar-refractivity contribution in [1.82, 2.24) is 0 Å². The zero-order chi connectivity index (χ0) is 14.9. The van der Waals surface area contributed by atoms with Crippen LogP contribution in [0.4, 0.5) is 0 Å². The van der Waals surface area contributed by atoms with Crippen molar-refractivity contribution in [3.8, 4) is 0 Å². The summed E-state index contributed by atoms with van der Waals surface area (Å²) >= 11 is -0.608. The van der Waals surface area contributed by atoms with Crippen LogP contribution in [0.3, 0.4) is 0 Å². The minimum atomic E-state index is -0.608. The molecule has 0 unspecified atom stereocenters. The molecule has 21 heavy (non-hydrogen) atoms. The summed E-state index contributed by atoms with van der Waals surface area (Å²) in [4.78, 5) is 23.6. The first-order valence-electron chi connectivity index (χ1n) is 6.45. The Morgan fingerprint density at radius 2 is 1.05 bits per heavy atom. The third kappa shape index (κ3) is 5.15. The Bertz CT molecular complexity index is 599. The number of carbonyl (C=O) groups excluding carboxylic acids is 2. The average Bonchev–Trinajstić information content (AvgIpc) is 2.55. The molecule has 104 valence electrons. The van der Waals surface area contributed by atoms with E-state index in [0.717, 1.165) is 0 Å². The molecule has 2 nitrogen and oxygen atoms in total. The topological polar surface area (TPSA) is 34.1 Å². The first-order chi connectivity index (χ1) is 10.3. The monoisotopic (exact) mass is 392 g/mol. The molecule has 0 saturated heterocycles. The van der Waals surface area contributed by atoms with Gasteiger partial charge in [-0.3, -0.25) is 0 Å². The van der Waals surface area contributed by atoms with Gasteiger partial charge in [-0.05, 0) is 0 Å². The third-order valence-electron chi connectivity index (χ3n) is 2.71. The molecule has 0 aliphatic heterocycles. The zero-order valence-corrected chi connectivity index (χ0v) is 13.6. The Morgan fingerprint density at radius 3 is 1.43 bits per heavy atom.